The number of amides is 2. The molecule has 6 nitrogen and oxygen atoms in total. The number of anilines is 1. The van der Waals surface area contributed by atoms with Crippen LogP contribution in [0.25, 0.3) is 0 Å². The van der Waals surface area contributed by atoms with Crippen molar-refractivity contribution in [1.82, 2.24) is 15.5 Å². The van der Waals surface area contributed by atoms with Crippen molar-refractivity contribution in [3.8, 4) is 0 Å². The van der Waals surface area contributed by atoms with Crippen LogP contribution in [0.3, 0.4) is 0 Å². The Hall–Kier alpha value is -1.80. The van der Waals surface area contributed by atoms with Crippen LogP contribution in [0.15, 0.2) is 23.0 Å². The highest BCUT2D eigenvalue weighted by molar-refractivity contribution is 7.13. The number of thiophene rings is 1. The molecule has 0 fully saturated rings. The minimum atomic E-state index is -0.196. The molecule has 2 heterocycles. The van der Waals surface area contributed by atoms with Crippen LogP contribution in [0.5, 0.6) is 0 Å². The highest BCUT2D eigenvalue weighted by Gasteiger charge is 2.08. The molecule has 2 amide bonds. The van der Waals surface area contributed by atoms with Gasteiger partial charge in [-0.1, -0.05) is 17.4 Å². The maximum atomic E-state index is 11.6. The number of carbonyl (C=O) groups is 2. The van der Waals surface area contributed by atoms with E-state index >= 15 is 0 Å². The van der Waals surface area contributed by atoms with E-state index in [1.807, 2.05) is 11.4 Å². The molecule has 2 aromatic heterocycles. The third-order valence-corrected chi connectivity index (χ3v) is 3.46. The molecule has 8 heteroatoms. The van der Waals surface area contributed by atoms with E-state index in [1.54, 1.807) is 6.07 Å². The van der Waals surface area contributed by atoms with Gasteiger partial charge in [0.05, 0.1) is 4.88 Å². The van der Waals surface area contributed by atoms with E-state index in [1.165, 1.54) is 28.2 Å². The largest absolute Gasteiger partial charge is 0.351 e. The van der Waals surface area contributed by atoms with E-state index in [0.29, 0.717) is 16.6 Å². The van der Waals surface area contributed by atoms with Crippen LogP contribution in [-0.4, -0.2) is 28.6 Å². The van der Waals surface area contributed by atoms with Gasteiger partial charge in [-0.25, -0.2) is 0 Å². The summed E-state index contributed by atoms with van der Waals surface area (Å²) in [5, 5.41) is 14.8. The minimum Gasteiger partial charge on any atom is -0.351 e. The number of hydrogen-bond acceptors (Lipinski definition) is 6. The van der Waals surface area contributed by atoms with Crippen molar-refractivity contribution < 1.29 is 9.59 Å². The van der Waals surface area contributed by atoms with Gasteiger partial charge in [-0.15, -0.1) is 21.5 Å². The second kappa shape index (κ2) is 6.22. The smallest absolute Gasteiger partial charge is 0.261 e. The van der Waals surface area contributed by atoms with Crippen molar-refractivity contribution in [2.45, 2.75) is 6.42 Å². The van der Waals surface area contributed by atoms with E-state index in [-0.39, 0.29) is 18.2 Å². The van der Waals surface area contributed by atoms with Gasteiger partial charge in [-0.3, -0.25) is 9.59 Å². The molecular weight excluding hydrogens is 272 g/mol. The van der Waals surface area contributed by atoms with Crippen LogP contribution in [0.4, 0.5) is 5.13 Å². The van der Waals surface area contributed by atoms with Gasteiger partial charge in [0.25, 0.3) is 5.91 Å². The first-order valence-corrected chi connectivity index (χ1v) is 6.89. The summed E-state index contributed by atoms with van der Waals surface area (Å²) in [5.74, 6) is -0.355. The van der Waals surface area contributed by atoms with Gasteiger partial charge in [-0.2, -0.15) is 0 Å². The quantitative estimate of drug-likeness (QED) is 0.867. The summed E-state index contributed by atoms with van der Waals surface area (Å²) in [6.07, 6.45) is 0.205. The van der Waals surface area contributed by atoms with E-state index in [4.69, 9.17) is 0 Å². The van der Waals surface area contributed by atoms with E-state index < -0.39 is 0 Å². The van der Waals surface area contributed by atoms with E-state index in [9.17, 15) is 9.59 Å². The Morgan fingerprint density at radius 1 is 1.33 bits per heavy atom. The van der Waals surface area contributed by atoms with Gasteiger partial charge >= 0.3 is 0 Å². The summed E-state index contributed by atoms with van der Waals surface area (Å²) in [7, 11) is 0. The Morgan fingerprint density at radius 2 is 2.22 bits per heavy atom. The number of aromatic nitrogens is 2. The summed E-state index contributed by atoms with van der Waals surface area (Å²) in [4.78, 5) is 23.6. The van der Waals surface area contributed by atoms with Crippen LogP contribution in [0.1, 0.15) is 16.1 Å². The van der Waals surface area contributed by atoms with Gasteiger partial charge < -0.3 is 10.6 Å². The Morgan fingerprint density at radius 3 is 2.89 bits per heavy atom. The number of carbonyl (C=O) groups excluding carboxylic acids is 2. The number of rotatable bonds is 5. The van der Waals surface area contributed by atoms with Crippen molar-refractivity contribution in [3.63, 3.8) is 0 Å². The van der Waals surface area contributed by atoms with E-state index in [0.717, 1.165) is 0 Å². The average molecular weight is 282 g/mol. The number of nitrogens with one attached hydrogen (secondary N) is 2. The second-order valence-electron chi connectivity index (χ2n) is 3.28. The first-order valence-electron chi connectivity index (χ1n) is 5.13. The topological polar surface area (TPSA) is 84.0 Å². The average Bonchev–Trinajstić information content (AvgIpc) is 3.00. The summed E-state index contributed by atoms with van der Waals surface area (Å²) >= 11 is 2.61. The zero-order valence-electron chi connectivity index (χ0n) is 9.25. The van der Waals surface area contributed by atoms with Gasteiger partial charge in [0.2, 0.25) is 11.0 Å². The van der Waals surface area contributed by atoms with Crippen LogP contribution >= 0.6 is 22.7 Å². The third kappa shape index (κ3) is 3.60. The zero-order valence-corrected chi connectivity index (χ0v) is 10.9. The molecule has 0 bridgehead atoms. The molecule has 0 aliphatic carbocycles. The molecule has 0 aromatic carbocycles. The molecule has 0 saturated carbocycles. The van der Waals surface area contributed by atoms with Crippen LogP contribution in [-0.2, 0) is 4.79 Å². The molecule has 0 unspecified atom stereocenters. The minimum absolute atomic E-state index is 0.159. The molecule has 0 atom stereocenters. The Labute approximate surface area is 111 Å². The predicted octanol–water partition coefficient (Wildman–Crippen LogP) is 1.36. The molecule has 2 aromatic rings. The van der Waals surface area contributed by atoms with Gasteiger partial charge in [0.15, 0.2) is 0 Å². The van der Waals surface area contributed by atoms with Gasteiger partial charge in [0, 0.05) is 13.0 Å². The first-order chi connectivity index (χ1) is 8.75. The second-order valence-corrected chi connectivity index (χ2v) is 5.06. The summed E-state index contributed by atoms with van der Waals surface area (Å²) in [6.45, 7) is 0.293. The predicted molar refractivity (Wildman–Crippen MR) is 69.8 cm³/mol. The number of hydrogen-bond donors (Lipinski definition) is 2. The summed E-state index contributed by atoms with van der Waals surface area (Å²) < 4.78 is 0. The first kappa shape index (κ1) is 12.7. The molecule has 0 aliphatic rings. The highest BCUT2D eigenvalue weighted by Crippen LogP contribution is 2.09. The third-order valence-electron chi connectivity index (χ3n) is 1.99. The molecule has 0 aliphatic heterocycles. The summed E-state index contributed by atoms with van der Waals surface area (Å²) in [5.41, 5.74) is 1.54. The lowest BCUT2D eigenvalue weighted by Crippen LogP contribution is -2.27. The maximum absolute atomic E-state index is 11.6. The molecule has 2 rings (SSSR count). The van der Waals surface area contributed by atoms with Gasteiger partial charge in [-0.05, 0) is 11.4 Å². The maximum Gasteiger partial charge on any atom is 0.261 e. The highest BCUT2D eigenvalue weighted by atomic mass is 32.1. The van der Waals surface area contributed by atoms with E-state index in [2.05, 4.69) is 20.8 Å². The Kier molecular flexibility index (Phi) is 4.37. The molecular formula is C10H10N4O2S2. The molecule has 18 heavy (non-hydrogen) atoms. The molecule has 0 radical (unpaired) electrons. The lowest BCUT2D eigenvalue weighted by Gasteiger charge is -2.03. The van der Waals surface area contributed by atoms with Crippen molar-refractivity contribution in [3.05, 3.63) is 27.9 Å². The van der Waals surface area contributed by atoms with Crippen molar-refractivity contribution in [2.24, 2.45) is 0 Å². The normalized spacial score (nSPS) is 10.0. The van der Waals surface area contributed by atoms with Crippen LogP contribution in [0, 0.1) is 0 Å². The number of nitrogens with zero attached hydrogens (tertiary/aromatic N) is 2. The van der Waals surface area contributed by atoms with Crippen molar-refractivity contribution >= 4 is 39.6 Å². The van der Waals surface area contributed by atoms with Gasteiger partial charge in [0.1, 0.15) is 5.51 Å². The molecule has 94 valence electrons. The fraction of sp³-hybridized carbons (Fsp3) is 0.200. The molecule has 2 N–H and O–H groups in total. The zero-order chi connectivity index (χ0) is 12.8. The lowest BCUT2D eigenvalue weighted by molar-refractivity contribution is -0.116. The standard InChI is InChI=1S/C10H10N4O2S2/c15-8(13-10-14-12-6-18-10)3-4-11-9(16)7-2-1-5-17-7/h1-2,5-6H,3-4H2,(H,11,16)(H,13,14,15). The lowest BCUT2D eigenvalue weighted by atomic mass is 10.4. The van der Waals surface area contributed by atoms with Crippen molar-refractivity contribution in [1.29, 1.82) is 0 Å². The molecule has 0 spiro atoms. The SMILES string of the molecule is O=C(CCNC(=O)c1cccs1)Nc1nncs1. The Balaban J connectivity index is 1.69. The fourth-order valence-electron chi connectivity index (χ4n) is 1.19. The fourth-order valence-corrected chi connectivity index (χ4v) is 2.29. The monoisotopic (exact) mass is 282 g/mol. The summed E-state index contributed by atoms with van der Waals surface area (Å²) in [6, 6.07) is 3.54. The Bertz CT molecular complexity index is 510. The van der Waals surface area contributed by atoms with Crippen LogP contribution in [0.2, 0.25) is 0 Å². The van der Waals surface area contributed by atoms with Crippen LogP contribution < -0.4 is 10.6 Å². The molecule has 0 saturated heterocycles. The van der Waals surface area contributed by atoms with Crippen molar-refractivity contribution in [2.75, 3.05) is 11.9 Å².